The zero-order chi connectivity index (χ0) is 21.0. The topological polar surface area (TPSA) is 47.3 Å². The zero-order valence-corrected chi connectivity index (χ0v) is 17.6. The van der Waals surface area contributed by atoms with Crippen LogP contribution in [0.4, 0.5) is 0 Å². The molecule has 0 bridgehead atoms. The lowest BCUT2D eigenvalue weighted by Gasteiger charge is -2.19. The van der Waals surface area contributed by atoms with Crippen LogP contribution in [0.1, 0.15) is 19.5 Å². The summed E-state index contributed by atoms with van der Waals surface area (Å²) in [5.74, 6) is 0.841. The molecule has 0 radical (unpaired) electrons. The third-order valence-corrected chi connectivity index (χ3v) is 5.83. The number of hydrogen-bond acceptors (Lipinski definition) is 3. The number of aromatic nitrogens is 2. The van der Waals surface area contributed by atoms with Crippen molar-refractivity contribution >= 4 is 32.6 Å². The second-order valence-corrected chi connectivity index (χ2v) is 8.32. The van der Waals surface area contributed by atoms with Gasteiger partial charge in [-0.3, -0.25) is 0 Å². The predicted octanol–water partition coefficient (Wildman–Crippen LogP) is 5.78. The number of methoxy groups -OCH3 is 1. The summed E-state index contributed by atoms with van der Waals surface area (Å²) in [5, 5.41) is 15.2. The van der Waals surface area contributed by atoms with E-state index in [1.54, 1.807) is 21.0 Å². The summed E-state index contributed by atoms with van der Waals surface area (Å²) in [6, 6.07) is 22.8. The van der Waals surface area contributed by atoms with Gasteiger partial charge in [-0.1, -0.05) is 36.4 Å². The molecule has 150 valence electrons. The Hall–Kier alpha value is -3.37. The fourth-order valence-electron chi connectivity index (χ4n) is 4.21. The molecule has 0 spiro atoms. The fraction of sp³-hybridized carbons (Fsp3) is 0.192. The Kier molecular flexibility index (Phi) is 4.09. The van der Waals surface area contributed by atoms with Crippen LogP contribution in [0.15, 0.2) is 66.7 Å². The van der Waals surface area contributed by atoms with E-state index in [0.29, 0.717) is 5.69 Å². The Labute approximate surface area is 175 Å². The molecule has 0 saturated carbocycles. The third kappa shape index (κ3) is 2.84. The number of aliphatic hydroxyl groups is 1. The van der Waals surface area contributed by atoms with Crippen molar-refractivity contribution in [2.45, 2.75) is 19.4 Å². The summed E-state index contributed by atoms with van der Waals surface area (Å²) in [7, 11) is 3.75. The van der Waals surface area contributed by atoms with Crippen LogP contribution in [0.2, 0.25) is 0 Å². The minimum atomic E-state index is -1.04. The molecule has 0 aliphatic heterocycles. The van der Waals surface area contributed by atoms with Crippen LogP contribution in [-0.4, -0.2) is 21.8 Å². The van der Waals surface area contributed by atoms with E-state index in [2.05, 4.69) is 60.1 Å². The fourth-order valence-corrected chi connectivity index (χ4v) is 4.21. The molecule has 2 aromatic heterocycles. The molecule has 5 aromatic rings. The highest BCUT2D eigenvalue weighted by atomic mass is 16.5. The second kappa shape index (κ2) is 6.57. The Bertz CT molecular complexity index is 1420. The largest absolute Gasteiger partial charge is 0.497 e. The summed E-state index contributed by atoms with van der Waals surface area (Å²) in [4.78, 5) is 4.94. The van der Waals surface area contributed by atoms with Gasteiger partial charge in [0, 0.05) is 28.9 Å². The molecule has 2 heterocycles. The lowest BCUT2D eigenvalue weighted by Crippen LogP contribution is -2.18. The van der Waals surface area contributed by atoms with Crippen LogP contribution in [0, 0.1) is 0 Å². The van der Waals surface area contributed by atoms with Crippen LogP contribution >= 0.6 is 0 Å². The maximum atomic E-state index is 10.7. The average Bonchev–Trinajstić information content (AvgIpc) is 3.04. The van der Waals surface area contributed by atoms with Crippen LogP contribution in [0.3, 0.4) is 0 Å². The molecule has 0 aliphatic carbocycles. The lowest BCUT2D eigenvalue weighted by molar-refractivity contribution is 0.0741. The molecule has 0 aliphatic rings. The van der Waals surface area contributed by atoms with Crippen molar-refractivity contribution in [2.24, 2.45) is 7.05 Å². The zero-order valence-electron chi connectivity index (χ0n) is 17.6. The quantitative estimate of drug-likeness (QED) is 0.420. The van der Waals surface area contributed by atoms with Gasteiger partial charge in [0.15, 0.2) is 0 Å². The van der Waals surface area contributed by atoms with Gasteiger partial charge in [-0.2, -0.15) is 0 Å². The summed E-state index contributed by atoms with van der Waals surface area (Å²) in [6.07, 6.45) is 0. The summed E-state index contributed by atoms with van der Waals surface area (Å²) >= 11 is 0. The third-order valence-electron chi connectivity index (χ3n) is 5.83. The van der Waals surface area contributed by atoms with Gasteiger partial charge < -0.3 is 14.4 Å². The van der Waals surface area contributed by atoms with Gasteiger partial charge in [-0.15, -0.1) is 0 Å². The van der Waals surface area contributed by atoms with Crippen molar-refractivity contribution in [3.63, 3.8) is 0 Å². The molecule has 3 aromatic carbocycles. The van der Waals surface area contributed by atoms with Gasteiger partial charge in [0.05, 0.1) is 24.0 Å². The molecule has 0 fully saturated rings. The standard InChI is InChI=1S/C26H24N2O2/c1-26(2,29)23-15-21-20-7-5-6-8-22(20)28(3)25(21)24(27-23)18-10-9-17-14-19(30-4)12-11-16(17)13-18/h5-15,29H,1-4H3. The highest BCUT2D eigenvalue weighted by Gasteiger charge is 2.23. The van der Waals surface area contributed by atoms with Crippen LogP contribution in [0.5, 0.6) is 5.75 Å². The number of hydrogen-bond donors (Lipinski definition) is 1. The first-order valence-corrected chi connectivity index (χ1v) is 10.1. The lowest BCUT2D eigenvalue weighted by atomic mass is 9.98. The van der Waals surface area contributed by atoms with Crippen LogP contribution < -0.4 is 4.74 Å². The van der Waals surface area contributed by atoms with Crippen molar-refractivity contribution in [1.82, 2.24) is 9.55 Å². The molecule has 5 rings (SSSR count). The highest BCUT2D eigenvalue weighted by molar-refractivity contribution is 6.12. The molecule has 0 amide bonds. The molecule has 30 heavy (non-hydrogen) atoms. The number of benzene rings is 3. The van der Waals surface area contributed by atoms with E-state index in [4.69, 9.17) is 9.72 Å². The van der Waals surface area contributed by atoms with Crippen molar-refractivity contribution in [3.05, 3.63) is 72.4 Å². The van der Waals surface area contributed by atoms with Crippen LogP contribution in [-0.2, 0) is 12.6 Å². The molecular weight excluding hydrogens is 372 g/mol. The van der Waals surface area contributed by atoms with E-state index in [9.17, 15) is 5.11 Å². The number of rotatable bonds is 3. The minimum Gasteiger partial charge on any atom is -0.497 e. The molecular formula is C26H24N2O2. The highest BCUT2D eigenvalue weighted by Crippen LogP contribution is 2.37. The number of nitrogens with zero attached hydrogens (tertiary/aromatic N) is 2. The smallest absolute Gasteiger partial charge is 0.119 e. The molecule has 0 saturated heterocycles. The van der Waals surface area contributed by atoms with Crippen LogP contribution in [0.25, 0.3) is 43.8 Å². The number of para-hydroxylation sites is 1. The predicted molar refractivity (Wildman–Crippen MR) is 123 cm³/mol. The van der Waals surface area contributed by atoms with Gasteiger partial charge in [-0.25, -0.2) is 4.98 Å². The molecule has 1 N–H and O–H groups in total. The molecule has 0 unspecified atom stereocenters. The monoisotopic (exact) mass is 396 g/mol. The van der Waals surface area contributed by atoms with E-state index in [1.165, 1.54) is 0 Å². The SMILES string of the molecule is COc1ccc2cc(-c3nc(C(C)(C)O)cc4c5ccccc5n(C)c34)ccc2c1. The Balaban J connectivity index is 1.86. The van der Waals surface area contributed by atoms with Gasteiger partial charge in [0.1, 0.15) is 11.4 Å². The van der Waals surface area contributed by atoms with Crippen molar-refractivity contribution in [3.8, 4) is 17.0 Å². The van der Waals surface area contributed by atoms with Crippen molar-refractivity contribution in [2.75, 3.05) is 7.11 Å². The molecule has 4 heteroatoms. The molecule has 4 nitrogen and oxygen atoms in total. The van der Waals surface area contributed by atoms with E-state index in [-0.39, 0.29) is 0 Å². The van der Waals surface area contributed by atoms with E-state index in [1.807, 2.05) is 18.2 Å². The maximum Gasteiger partial charge on any atom is 0.119 e. The van der Waals surface area contributed by atoms with Crippen molar-refractivity contribution in [1.29, 1.82) is 0 Å². The van der Waals surface area contributed by atoms with Gasteiger partial charge >= 0.3 is 0 Å². The Morgan fingerprint density at radius 1 is 0.900 bits per heavy atom. The minimum absolute atomic E-state index is 0.663. The maximum absolute atomic E-state index is 10.7. The van der Waals surface area contributed by atoms with E-state index < -0.39 is 5.60 Å². The first-order valence-electron chi connectivity index (χ1n) is 10.1. The molecule has 0 atom stereocenters. The number of fused-ring (bicyclic) bond motifs is 4. The normalized spacial score (nSPS) is 12.2. The van der Waals surface area contributed by atoms with E-state index >= 15 is 0 Å². The summed E-state index contributed by atoms with van der Waals surface area (Å²) in [5.41, 5.74) is 3.74. The number of ether oxygens (including phenoxy) is 1. The Morgan fingerprint density at radius 3 is 2.40 bits per heavy atom. The first kappa shape index (κ1) is 18.6. The summed E-state index contributed by atoms with van der Waals surface area (Å²) in [6.45, 7) is 3.56. The van der Waals surface area contributed by atoms with Gasteiger partial charge in [0.25, 0.3) is 0 Å². The second-order valence-electron chi connectivity index (χ2n) is 8.32. The summed E-state index contributed by atoms with van der Waals surface area (Å²) < 4.78 is 7.55. The average molecular weight is 396 g/mol. The number of pyridine rings is 1. The first-order chi connectivity index (χ1) is 14.4. The van der Waals surface area contributed by atoms with Gasteiger partial charge in [0.2, 0.25) is 0 Å². The van der Waals surface area contributed by atoms with Gasteiger partial charge in [-0.05, 0) is 55.0 Å². The number of aryl methyl sites for hydroxylation is 1. The van der Waals surface area contributed by atoms with E-state index in [0.717, 1.165) is 49.6 Å². The Morgan fingerprint density at radius 2 is 1.63 bits per heavy atom. The van der Waals surface area contributed by atoms with Crippen molar-refractivity contribution < 1.29 is 9.84 Å².